The van der Waals surface area contributed by atoms with Crippen LogP contribution in [0.2, 0.25) is 0 Å². The van der Waals surface area contributed by atoms with Gasteiger partial charge < -0.3 is 0 Å². The number of hydrogen-bond donors (Lipinski definition) is 1. The van der Waals surface area contributed by atoms with Gasteiger partial charge in [-0.3, -0.25) is 9.89 Å². The van der Waals surface area contributed by atoms with Gasteiger partial charge in [-0.2, -0.15) is 5.10 Å². The van der Waals surface area contributed by atoms with Crippen molar-refractivity contribution in [2.45, 2.75) is 25.7 Å². The number of benzene rings is 1. The molecule has 1 aromatic heterocycles. The minimum absolute atomic E-state index is 0.242. The molecule has 1 heterocycles. The van der Waals surface area contributed by atoms with Crippen LogP contribution in [0.25, 0.3) is 0 Å². The molecule has 3 rings (SSSR count). The number of ketones is 1. The molecule has 0 atom stereocenters. The van der Waals surface area contributed by atoms with Crippen molar-refractivity contribution >= 4 is 5.78 Å². The molecule has 0 radical (unpaired) electrons. The van der Waals surface area contributed by atoms with Crippen molar-refractivity contribution in [3.05, 3.63) is 52.8 Å². The minimum atomic E-state index is 0.242. The Labute approximate surface area is 99.9 Å². The Balaban J connectivity index is 1.94. The zero-order valence-corrected chi connectivity index (χ0v) is 9.57. The van der Waals surface area contributed by atoms with Gasteiger partial charge in [0.15, 0.2) is 5.78 Å². The molecule has 0 saturated carbocycles. The fourth-order valence-corrected chi connectivity index (χ4v) is 2.40. The first-order valence-electron chi connectivity index (χ1n) is 5.98. The number of nitrogens with zero attached hydrogens (tertiary/aromatic N) is 1. The minimum Gasteiger partial charge on any atom is -0.294 e. The van der Waals surface area contributed by atoms with Gasteiger partial charge in [0.2, 0.25) is 0 Å². The van der Waals surface area contributed by atoms with Crippen LogP contribution >= 0.6 is 0 Å². The maximum absolute atomic E-state index is 11.9. The van der Waals surface area contributed by atoms with Crippen molar-refractivity contribution in [3.8, 4) is 0 Å². The average Bonchev–Trinajstić information content (AvgIpc) is 2.75. The maximum atomic E-state index is 11.9. The van der Waals surface area contributed by atoms with Gasteiger partial charge in [0, 0.05) is 18.5 Å². The summed E-state index contributed by atoms with van der Waals surface area (Å²) in [6.45, 7) is 0. The second-order valence-corrected chi connectivity index (χ2v) is 4.46. The Morgan fingerprint density at radius 2 is 2.00 bits per heavy atom. The van der Waals surface area contributed by atoms with Gasteiger partial charge in [-0.1, -0.05) is 30.3 Å². The molecule has 0 unspecified atom stereocenters. The lowest BCUT2D eigenvalue weighted by atomic mass is 9.93. The number of aromatic amines is 1. The molecular weight excluding hydrogens is 212 g/mol. The van der Waals surface area contributed by atoms with E-state index in [1.165, 1.54) is 5.56 Å². The first-order chi connectivity index (χ1) is 8.34. The topological polar surface area (TPSA) is 45.8 Å². The smallest absolute Gasteiger partial charge is 0.166 e. The summed E-state index contributed by atoms with van der Waals surface area (Å²) < 4.78 is 0. The summed E-state index contributed by atoms with van der Waals surface area (Å²) in [5.41, 5.74) is 3.96. The highest BCUT2D eigenvalue weighted by Gasteiger charge is 2.23. The van der Waals surface area contributed by atoms with Crippen molar-refractivity contribution in [3.63, 3.8) is 0 Å². The number of H-pyrrole nitrogens is 1. The molecule has 3 nitrogen and oxygen atoms in total. The second kappa shape index (κ2) is 4.17. The number of rotatable bonds is 2. The summed E-state index contributed by atoms with van der Waals surface area (Å²) in [6, 6.07) is 10.1. The molecule has 2 aromatic rings. The van der Waals surface area contributed by atoms with Crippen LogP contribution in [-0.4, -0.2) is 16.0 Å². The summed E-state index contributed by atoms with van der Waals surface area (Å²) in [4.78, 5) is 11.9. The van der Waals surface area contributed by atoms with Crippen molar-refractivity contribution < 1.29 is 4.79 Å². The van der Waals surface area contributed by atoms with Crippen molar-refractivity contribution in [2.24, 2.45) is 0 Å². The zero-order chi connectivity index (χ0) is 11.7. The van der Waals surface area contributed by atoms with E-state index in [4.69, 9.17) is 0 Å². The summed E-state index contributed by atoms with van der Waals surface area (Å²) in [7, 11) is 0. The molecule has 1 N–H and O–H groups in total. The van der Waals surface area contributed by atoms with E-state index in [1.807, 2.05) is 18.2 Å². The predicted molar refractivity (Wildman–Crippen MR) is 65.1 cm³/mol. The molecule has 1 aliphatic carbocycles. The Morgan fingerprint density at radius 1 is 1.18 bits per heavy atom. The largest absolute Gasteiger partial charge is 0.294 e. The molecule has 86 valence electrons. The Kier molecular flexibility index (Phi) is 2.52. The van der Waals surface area contributed by atoms with Crippen molar-refractivity contribution in [1.82, 2.24) is 10.2 Å². The fourth-order valence-electron chi connectivity index (χ4n) is 2.40. The standard InChI is InChI=1S/C14H14N2O/c17-13-8-4-7-11-14(13)12(16-15-11)9-10-5-2-1-3-6-10/h1-3,5-6H,4,7-9H2,(H,15,16). The van der Waals surface area contributed by atoms with Crippen LogP contribution in [0.5, 0.6) is 0 Å². The zero-order valence-electron chi connectivity index (χ0n) is 9.57. The van der Waals surface area contributed by atoms with Crippen LogP contribution in [0.3, 0.4) is 0 Å². The SMILES string of the molecule is O=C1CCCc2[nH]nc(Cc3ccccc3)c21. The molecule has 0 spiro atoms. The predicted octanol–water partition coefficient (Wildman–Crippen LogP) is 2.52. The highest BCUT2D eigenvalue weighted by molar-refractivity contribution is 5.99. The summed E-state index contributed by atoms with van der Waals surface area (Å²) >= 11 is 0. The van der Waals surface area contributed by atoms with Crippen LogP contribution in [-0.2, 0) is 12.8 Å². The molecule has 0 saturated heterocycles. The van der Waals surface area contributed by atoms with Crippen LogP contribution in [0.15, 0.2) is 30.3 Å². The third kappa shape index (κ3) is 1.88. The van der Waals surface area contributed by atoms with Gasteiger partial charge >= 0.3 is 0 Å². The summed E-state index contributed by atoms with van der Waals surface area (Å²) in [6.07, 6.45) is 3.29. The Bertz CT molecular complexity index is 543. The fraction of sp³-hybridized carbons (Fsp3) is 0.286. The lowest BCUT2D eigenvalue weighted by Crippen LogP contribution is -2.11. The maximum Gasteiger partial charge on any atom is 0.166 e. The average molecular weight is 226 g/mol. The van der Waals surface area contributed by atoms with Gasteiger partial charge in [-0.15, -0.1) is 0 Å². The van der Waals surface area contributed by atoms with Gasteiger partial charge in [0.25, 0.3) is 0 Å². The molecule has 0 amide bonds. The molecular formula is C14H14N2O. The van der Waals surface area contributed by atoms with Crippen molar-refractivity contribution in [1.29, 1.82) is 0 Å². The molecule has 1 aliphatic rings. The lowest BCUT2D eigenvalue weighted by Gasteiger charge is -2.10. The number of fused-ring (bicyclic) bond motifs is 1. The van der Waals surface area contributed by atoms with Gasteiger partial charge in [0.1, 0.15) is 0 Å². The van der Waals surface area contributed by atoms with E-state index in [9.17, 15) is 4.79 Å². The van der Waals surface area contributed by atoms with Gasteiger partial charge in [-0.25, -0.2) is 0 Å². The molecule has 17 heavy (non-hydrogen) atoms. The summed E-state index contributed by atoms with van der Waals surface area (Å²) in [5.74, 6) is 0.242. The van der Waals surface area contributed by atoms with Crippen LogP contribution < -0.4 is 0 Å². The quantitative estimate of drug-likeness (QED) is 0.855. The van der Waals surface area contributed by atoms with Crippen molar-refractivity contribution in [2.75, 3.05) is 0 Å². The third-order valence-corrected chi connectivity index (χ3v) is 3.24. The molecule has 0 aliphatic heterocycles. The molecule has 1 aromatic carbocycles. The number of hydrogen-bond acceptors (Lipinski definition) is 2. The van der Waals surface area contributed by atoms with Crippen LogP contribution in [0.4, 0.5) is 0 Å². The van der Waals surface area contributed by atoms with E-state index < -0.39 is 0 Å². The highest BCUT2D eigenvalue weighted by Crippen LogP contribution is 2.23. The summed E-state index contributed by atoms with van der Waals surface area (Å²) in [5, 5.41) is 7.30. The van der Waals surface area contributed by atoms with E-state index in [0.29, 0.717) is 6.42 Å². The number of aryl methyl sites for hydroxylation is 1. The first-order valence-corrected chi connectivity index (χ1v) is 5.98. The molecule has 0 bridgehead atoms. The molecule has 0 fully saturated rings. The van der Waals surface area contributed by atoms with Crippen LogP contribution in [0.1, 0.15) is 40.2 Å². The number of nitrogens with one attached hydrogen (secondary N) is 1. The number of carbonyl (C=O) groups excluding carboxylic acids is 1. The molecule has 3 heteroatoms. The van der Waals surface area contributed by atoms with E-state index in [1.54, 1.807) is 0 Å². The third-order valence-electron chi connectivity index (χ3n) is 3.24. The van der Waals surface area contributed by atoms with E-state index in [0.717, 1.165) is 36.2 Å². The van der Waals surface area contributed by atoms with Gasteiger partial charge in [0.05, 0.1) is 11.3 Å². The van der Waals surface area contributed by atoms with E-state index in [-0.39, 0.29) is 5.78 Å². The Morgan fingerprint density at radius 3 is 2.82 bits per heavy atom. The normalized spacial score (nSPS) is 14.7. The van der Waals surface area contributed by atoms with Crippen LogP contribution in [0, 0.1) is 0 Å². The monoisotopic (exact) mass is 226 g/mol. The highest BCUT2D eigenvalue weighted by atomic mass is 16.1. The Hall–Kier alpha value is -1.90. The van der Waals surface area contributed by atoms with E-state index in [2.05, 4.69) is 22.3 Å². The van der Waals surface area contributed by atoms with E-state index >= 15 is 0 Å². The lowest BCUT2D eigenvalue weighted by molar-refractivity contribution is 0.0971. The van der Waals surface area contributed by atoms with Gasteiger partial charge in [-0.05, 0) is 18.4 Å². The number of Topliss-reactive ketones (excluding diaryl/α,β-unsaturated/α-hetero) is 1. The number of aromatic nitrogens is 2. The first kappa shape index (κ1) is 10.3. The second-order valence-electron chi connectivity index (χ2n) is 4.46. The number of carbonyl (C=O) groups is 1.